The minimum atomic E-state index is -0.0141. The summed E-state index contributed by atoms with van der Waals surface area (Å²) in [6, 6.07) is 14.8. The van der Waals surface area contributed by atoms with Crippen LogP contribution in [0.25, 0.3) is 0 Å². The number of thiazole rings is 1. The fourth-order valence-corrected chi connectivity index (χ4v) is 4.72. The topological polar surface area (TPSA) is 36.4 Å². The van der Waals surface area contributed by atoms with E-state index in [2.05, 4.69) is 47.5 Å². The van der Waals surface area contributed by atoms with Crippen molar-refractivity contribution in [1.82, 2.24) is 9.88 Å². The van der Waals surface area contributed by atoms with Gasteiger partial charge in [-0.1, -0.05) is 42.0 Å². The van der Waals surface area contributed by atoms with Crippen LogP contribution in [0.5, 0.6) is 0 Å². The molecule has 0 radical (unpaired) electrons. The fourth-order valence-electron chi connectivity index (χ4n) is 3.85. The monoisotopic (exact) mass is 391 g/mol. The molecule has 4 nitrogen and oxygen atoms in total. The van der Waals surface area contributed by atoms with Gasteiger partial charge in [-0.3, -0.25) is 14.6 Å². The smallest absolute Gasteiger partial charge is 0.230 e. The number of carbonyl (C=O) groups excluding carboxylic acids is 1. The number of carbonyl (C=O) groups is 1. The molecule has 0 saturated carbocycles. The molecule has 2 heterocycles. The van der Waals surface area contributed by atoms with E-state index in [0.29, 0.717) is 0 Å². The maximum atomic E-state index is 12.4. The highest BCUT2D eigenvalue weighted by Gasteiger charge is 2.21. The minimum Gasteiger partial charge on any atom is -0.293 e. The first-order valence-electron chi connectivity index (χ1n) is 9.63. The van der Waals surface area contributed by atoms with Crippen molar-refractivity contribution in [3.05, 3.63) is 75.8 Å². The first kappa shape index (κ1) is 18.8. The summed E-state index contributed by atoms with van der Waals surface area (Å²) < 4.78 is 0. The molecule has 1 aromatic heterocycles. The average Bonchev–Trinajstić information content (AvgIpc) is 3.11. The van der Waals surface area contributed by atoms with Gasteiger partial charge in [0.05, 0.1) is 11.4 Å². The molecule has 0 fully saturated rings. The molecule has 0 atom stereocenters. The van der Waals surface area contributed by atoms with Crippen molar-refractivity contribution in [3.63, 3.8) is 0 Å². The van der Waals surface area contributed by atoms with Crippen molar-refractivity contribution in [2.24, 2.45) is 0 Å². The highest BCUT2D eigenvalue weighted by molar-refractivity contribution is 7.14. The summed E-state index contributed by atoms with van der Waals surface area (Å²) in [5.74, 6) is -0.0141. The van der Waals surface area contributed by atoms with Gasteiger partial charge in [-0.15, -0.1) is 11.3 Å². The number of anilines is 2. The van der Waals surface area contributed by atoms with E-state index in [-0.39, 0.29) is 5.91 Å². The Morgan fingerprint density at radius 1 is 1.18 bits per heavy atom. The summed E-state index contributed by atoms with van der Waals surface area (Å²) in [6.45, 7) is 8.50. The van der Waals surface area contributed by atoms with Crippen LogP contribution in [-0.2, 0) is 24.3 Å². The lowest BCUT2D eigenvalue weighted by atomic mass is 10.00. The fraction of sp³-hybridized carbons (Fsp3) is 0.304. The molecular weight excluding hydrogens is 366 g/mol. The lowest BCUT2D eigenvalue weighted by Gasteiger charge is -2.28. The van der Waals surface area contributed by atoms with Gasteiger partial charge in [-0.2, -0.15) is 0 Å². The summed E-state index contributed by atoms with van der Waals surface area (Å²) in [5.41, 5.74) is 7.07. The Morgan fingerprint density at radius 3 is 2.71 bits per heavy atom. The number of benzene rings is 2. The second-order valence-electron chi connectivity index (χ2n) is 7.50. The Kier molecular flexibility index (Phi) is 5.29. The first-order chi connectivity index (χ1) is 13.5. The Bertz CT molecular complexity index is 1010. The maximum Gasteiger partial charge on any atom is 0.230 e. The third kappa shape index (κ3) is 3.86. The predicted molar refractivity (Wildman–Crippen MR) is 115 cm³/mol. The van der Waals surface area contributed by atoms with Gasteiger partial charge < -0.3 is 0 Å². The molecule has 5 heteroatoms. The van der Waals surface area contributed by atoms with Crippen LogP contribution < -0.4 is 4.90 Å². The van der Waals surface area contributed by atoms with Crippen molar-refractivity contribution in [1.29, 1.82) is 0 Å². The van der Waals surface area contributed by atoms with Crippen LogP contribution in [0.3, 0.4) is 0 Å². The molecule has 28 heavy (non-hydrogen) atoms. The second-order valence-corrected chi connectivity index (χ2v) is 8.33. The number of hydrogen-bond acceptors (Lipinski definition) is 4. The maximum absolute atomic E-state index is 12.4. The average molecular weight is 392 g/mol. The molecule has 0 spiro atoms. The number of aromatic nitrogens is 1. The summed E-state index contributed by atoms with van der Waals surface area (Å²) in [5, 5.41) is 2.82. The molecule has 0 N–H and O–H groups in total. The lowest BCUT2D eigenvalue weighted by molar-refractivity contribution is -0.115. The first-order valence-corrected chi connectivity index (χ1v) is 10.5. The predicted octanol–water partition coefficient (Wildman–Crippen LogP) is 5.00. The van der Waals surface area contributed by atoms with Gasteiger partial charge in [0.25, 0.3) is 0 Å². The number of fused-ring (bicyclic) bond motifs is 1. The summed E-state index contributed by atoms with van der Waals surface area (Å²) in [7, 11) is 0. The molecule has 0 aliphatic carbocycles. The van der Waals surface area contributed by atoms with Crippen molar-refractivity contribution >= 4 is 28.1 Å². The van der Waals surface area contributed by atoms with E-state index in [0.717, 1.165) is 48.1 Å². The molecule has 144 valence electrons. The van der Waals surface area contributed by atoms with Gasteiger partial charge in [0.15, 0.2) is 5.13 Å². The van der Waals surface area contributed by atoms with Crippen molar-refractivity contribution < 1.29 is 4.79 Å². The quantitative estimate of drug-likeness (QED) is 0.628. The second kappa shape index (κ2) is 7.86. The molecule has 0 unspecified atom stereocenters. The largest absolute Gasteiger partial charge is 0.293 e. The molecule has 2 aromatic carbocycles. The van der Waals surface area contributed by atoms with E-state index in [1.165, 1.54) is 28.0 Å². The van der Waals surface area contributed by atoms with E-state index >= 15 is 0 Å². The third-order valence-electron chi connectivity index (χ3n) is 5.23. The van der Waals surface area contributed by atoms with E-state index in [1.807, 2.05) is 19.1 Å². The minimum absolute atomic E-state index is 0.0141. The lowest BCUT2D eigenvalue weighted by Crippen LogP contribution is -2.30. The van der Waals surface area contributed by atoms with Crippen molar-refractivity contribution in [3.8, 4) is 0 Å². The zero-order valence-corrected chi connectivity index (χ0v) is 17.4. The van der Waals surface area contributed by atoms with E-state index in [1.54, 1.807) is 11.8 Å². The number of hydrogen-bond donors (Lipinski definition) is 0. The van der Waals surface area contributed by atoms with Crippen LogP contribution >= 0.6 is 11.3 Å². The number of aryl methyl sites for hydroxylation is 2. The molecule has 1 aliphatic rings. The van der Waals surface area contributed by atoms with Gasteiger partial charge in [0.2, 0.25) is 5.91 Å². The highest BCUT2D eigenvalue weighted by Crippen LogP contribution is 2.32. The SMILES string of the molecule is CC(=O)N(c1nc(CN2CCc3ccccc3C2)cs1)c1ccc(C)cc1C. The molecule has 1 amide bonds. The number of rotatable bonds is 4. The standard InChI is InChI=1S/C23H25N3OS/c1-16-8-9-22(17(2)12-16)26(18(3)27)23-24-21(15-28-23)14-25-11-10-19-6-4-5-7-20(19)13-25/h4-9,12,15H,10-11,13-14H2,1-3H3. The zero-order valence-electron chi connectivity index (χ0n) is 16.6. The Balaban J connectivity index is 1.54. The van der Waals surface area contributed by atoms with Crippen molar-refractivity contribution in [2.75, 3.05) is 11.4 Å². The molecular formula is C23H25N3OS. The normalized spacial score (nSPS) is 14.0. The van der Waals surface area contributed by atoms with Crippen LogP contribution in [0.1, 0.15) is 34.9 Å². The van der Waals surface area contributed by atoms with Gasteiger partial charge in [0.1, 0.15) is 0 Å². The van der Waals surface area contributed by atoms with Gasteiger partial charge in [-0.05, 0) is 43.0 Å². The van der Waals surface area contributed by atoms with E-state index in [9.17, 15) is 4.79 Å². The van der Waals surface area contributed by atoms with Gasteiger partial charge in [-0.25, -0.2) is 4.98 Å². The zero-order chi connectivity index (χ0) is 19.7. The summed E-state index contributed by atoms with van der Waals surface area (Å²) in [4.78, 5) is 21.4. The molecule has 3 aromatic rings. The molecule has 4 rings (SSSR count). The van der Waals surface area contributed by atoms with Crippen LogP contribution in [-0.4, -0.2) is 22.3 Å². The highest BCUT2D eigenvalue weighted by atomic mass is 32.1. The number of nitrogens with zero attached hydrogens (tertiary/aromatic N) is 3. The van der Waals surface area contributed by atoms with E-state index < -0.39 is 0 Å². The van der Waals surface area contributed by atoms with Gasteiger partial charge in [0, 0.05) is 31.9 Å². The van der Waals surface area contributed by atoms with Gasteiger partial charge >= 0.3 is 0 Å². The van der Waals surface area contributed by atoms with Crippen LogP contribution in [0, 0.1) is 13.8 Å². The Labute approximate surface area is 170 Å². The van der Waals surface area contributed by atoms with Crippen molar-refractivity contribution in [2.45, 2.75) is 40.3 Å². The third-order valence-corrected chi connectivity index (χ3v) is 6.11. The summed E-state index contributed by atoms with van der Waals surface area (Å²) in [6.07, 6.45) is 1.08. The Hall–Kier alpha value is -2.50. The van der Waals surface area contributed by atoms with Crippen LogP contribution in [0.4, 0.5) is 10.8 Å². The molecule has 1 aliphatic heterocycles. The number of amides is 1. The van der Waals surface area contributed by atoms with Crippen LogP contribution in [0.2, 0.25) is 0 Å². The molecule has 0 bridgehead atoms. The summed E-state index contributed by atoms with van der Waals surface area (Å²) >= 11 is 1.54. The molecule has 0 saturated heterocycles. The van der Waals surface area contributed by atoms with E-state index in [4.69, 9.17) is 4.98 Å². The van der Waals surface area contributed by atoms with Crippen LogP contribution in [0.15, 0.2) is 47.8 Å². The Morgan fingerprint density at radius 2 is 1.96 bits per heavy atom.